The van der Waals surface area contributed by atoms with Crippen LogP contribution < -0.4 is 0 Å². The number of hydrogen-bond acceptors (Lipinski definition) is 0. The van der Waals surface area contributed by atoms with Crippen molar-refractivity contribution in [3.05, 3.63) is 0 Å². The minimum absolute atomic E-state index is 0.892. The molecule has 0 nitrogen and oxygen atoms in total. The van der Waals surface area contributed by atoms with E-state index >= 15 is 0 Å². The van der Waals surface area contributed by atoms with Crippen molar-refractivity contribution in [3.8, 4) is 0 Å². The Morgan fingerprint density at radius 2 is 1.06 bits per heavy atom. The smallest absolute Gasteiger partial charge is 0.0389 e. The summed E-state index contributed by atoms with van der Waals surface area (Å²) in [6, 6.07) is 0. The molecule has 1 atom stereocenters. The molecule has 0 fully saturated rings. The van der Waals surface area contributed by atoms with Crippen LogP contribution in [0.4, 0.5) is 0 Å². The molecule has 0 N–H and O–H groups in total. The molecule has 0 saturated heterocycles. The molecule has 0 heteroatoms. The summed E-state index contributed by atoms with van der Waals surface area (Å²) in [6.45, 7) is 11.8. The third-order valence-corrected chi connectivity index (χ3v) is 4.35. The van der Waals surface area contributed by atoms with Gasteiger partial charge in [-0.25, -0.2) is 0 Å². The third-order valence-electron chi connectivity index (χ3n) is 4.35. The fraction of sp³-hybridized carbons (Fsp3) is 1.00. The van der Waals surface area contributed by atoms with Crippen LogP contribution in [0, 0.1) is 17.8 Å². The van der Waals surface area contributed by atoms with Gasteiger partial charge in [0.2, 0.25) is 0 Å². The van der Waals surface area contributed by atoms with Gasteiger partial charge in [-0.05, 0) is 17.8 Å². The van der Waals surface area contributed by atoms with Crippen LogP contribution in [0.1, 0.15) is 92.4 Å². The van der Waals surface area contributed by atoms with E-state index < -0.39 is 0 Å². The van der Waals surface area contributed by atoms with Crippen LogP contribution in [-0.4, -0.2) is 0 Å². The maximum absolute atomic E-state index is 2.38. The highest BCUT2D eigenvalue weighted by atomic mass is 14.2. The summed E-state index contributed by atoms with van der Waals surface area (Å²) in [7, 11) is 0. The lowest BCUT2D eigenvalue weighted by Gasteiger charge is -2.24. The average Bonchev–Trinajstić information content (AvgIpc) is 2.32. The Labute approximate surface area is 111 Å². The van der Waals surface area contributed by atoms with E-state index in [1.165, 1.54) is 57.8 Å². The van der Waals surface area contributed by atoms with Gasteiger partial charge in [0.25, 0.3) is 0 Å². The van der Waals surface area contributed by atoms with Gasteiger partial charge < -0.3 is 0 Å². The molecule has 0 aromatic rings. The number of rotatable bonds is 11. The largest absolute Gasteiger partial charge is 0.0651 e. The summed E-state index contributed by atoms with van der Waals surface area (Å²) >= 11 is 0. The lowest BCUT2D eigenvalue weighted by molar-refractivity contribution is 0.278. The van der Waals surface area contributed by atoms with Crippen molar-refractivity contribution in [2.24, 2.45) is 17.8 Å². The molecule has 0 spiro atoms. The second kappa shape index (κ2) is 11.1. The Bertz CT molecular complexity index is 144. The fourth-order valence-corrected chi connectivity index (χ4v) is 3.04. The summed E-state index contributed by atoms with van der Waals surface area (Å²) < 4.78 is 0. The van der Waals surface area contributed by atoms with Gasteiger partial charge in [0.1, 0.15) is 0 Å². The summed E-state index contributed by atoms with van der Waals surface area (Å²) in [5.41, 5.74) is 0. The fourth-order valence-electron chi connectivity index (χ4n) is 3.04. The Hall–Kier alpha value is 0. The molecule has 0 heterocycles. The van der Waals surface area contributed by atoms with Crippen LogP contribution in [-0.2, 0) is 0 Å². The molecule has 0 amide bonds. The third kappa shape index (κ3) is 8.69. The van der Waals surface area contributed by atoms with Crippen molar-refractivity contribution in [1.82, 2.24) is 0 Å². The highest BCUT2D eigenvalue weighted by Gasteiger charge is 2.15. The van der Waals surface area contributed by atoms with Crippen LogP contribution in [0.5, 0.6) is 0 Å². The van der Waals surface area contributed by atoms with E-state index in [2.05, 4.69) is 34.6 Å². The van der Waals surface area contributed by atoms with Gasteiger partial charge in [-0.2, -0.15) is 0 Å². The predicted octanol–water partition coefficient (Wildman–Crippen LogP) is 6.45. The molecular weight excluding hydrogens is 204 g/mol. The van der Waals surface area contributed by atoms with Crippen molar-refractivity contribution < 1.29 is 0 Å². The molecule has 0 aliphatic carbocycles. The van der Waals surface area contributed by atoms with Crippen molar-refractivity contribution in [1.29, 1.82) is 0 Å². The van der Waals surface area contributed by atoms with E-state index in [-0.39, 0.29) is 0 Å². The Morgan fingerprint density at radius 3 is 1.47 bits per heavy atom. The molecule has 17 heavy (non-hydrogen) atoms. The first-order valence-corrected chi connectivity index (χ1v) is 8.15. The normalized spacial score (nSPS) is 13.6. The van der Waals surface area contributed by atoms with Crippen molar-refractivity contribution in [2.45, 2.75) is 92.4 Å². The first-order valence-electron chi connectivity index (χ1n) is 8.15. The molecule has 0 bridgehead atoms. The summed E-state index contributed by atoms with van der Waals surface area (Å²) in [5.74, 6) is 2.87. The molecular formula is C17H36. The number of unbranched alkanes of at least 4 members (excludes halogenated alkanes) is 3. The monoisotopic (exact) mass is 240 g/mol. The standard InChI is InChI=1S/C17H36/c1-6-16(7-2)17(8-3)14-12-10-9-11-13-15(4)5/h15-17H,6-14H2,1-5H3. The van der Waals surface area contributed by atoms with E-state index in [1.807, 2.05) is 0 Å². The lowest BCUT2D eigenvalue weighted by Crippen LogP contribution is -2.12. The first kappa shape index (κ1) is 17.0. The van der Waals surface area contributed by atoms with Crippen LogP contribution in [0.3, 0.4) is 0 Å². The molecule has 0 radical (unpaired) electrons. The van der Waals surface area contributed by atoms with Crippen molar-refractivity contribution in [3.63, 3.8) is 0 Å². The zero-order valence-corrected chi connectivity index (χ0v) is 13.1. The van der Waals surface area contributed by atoms with Crippen molar-refractivity contribution in [2.75, 3.05) is 0 Å². The van der Waals surface area contributed by atoms with Gasteiger partial charge >= 0.3 is 0 Å². The van der Waals surface area contributed by atoms with Gasteiger partial charge in [0, 0.05) is 0 Å². The van der Waals surface area contributed by atoms with Crippen LogP contribution >= 0.6 is 0 Å². The maximum atomic E-state index is 2.38. The van der Waals surface area contributed by atoms with Crippen LogP contribution in [0.15, 0.2) is 0 Å². The highest BCUT2D eigenvalue weighted by Crippen LogP contribution is 2.27. The lowest BCUT2D eigenvalue weighted by atomic mass is 9.82. The number of hydrogen-bond donors (Lipinski definition) is 0. The Kier molecular flexibility index (Phi) is 11.1. The van der Waals surface area contributed by atoms with Gasteiger partial charge in [0.05, 0.1) is 0 Å². The molecule has 0 aliphatic heterocycles. The second-order valence-electron chi connectivity index (χ2n) is 6.13. The molecule has 1 unspecified atom stereocenters. The second-order valence-corrected chi connectivity index (χ2v) is 6.13. The summed E-state index contributed by atoms with van der Waals surface area (Å²) in [6.07, 6.45) is 12.9. The van der Waals surface area contributed by atoms with E-state index in [4.69, 9.17) is 0 Å². The Morgan fingerprint density at radius 1 is 0.588 bits per heavy atom. The first-order chi connectivity index (χ1) is 8.15. The minimum atomic E-state index is 0.892. The zero-order valence-electron chi connectivity index (χ0n) is 13.1. The van der Waals surface area contributed by atoms with Crippen LogP contribution in [0.2, 0.25) is 0 Å². The summed E-state index contributed by atoms with van der Waals surface area (Å²) in [5, 5.41) is 0. The summed E-state index contributed by atoms with van der Waals surface area (Å²) in [4.78, 5) is 0. The average molecular weight is 240 g/mol. The molecule has 104 valence electrons. The van der Waals surface area contributed by atoms with Gasteiger partial charge in [0.15, 0.2) is 0 Å². The molecule has 0 aromatic heterocycles. The van der Waals surface area contributed by atoms with Gasteiger partial charge in [-0.1, -0.05) is 92.4 Å². The maximum Gasteiger partial charge on any atom is -0.0389 e. The molecule has 0 aliphatic rings. The van der Waals surface area contributed by atoms with Crippen molar-refractivity contribution >= 4 is 0 Å². The van der Waals surface area contributed by atoms with E-state index in [1.54, 1.807) is 0 Å². The molecule has 0 aromatic carbocycles. The van der Waals surface area contributed by atoms with E-state index in [0.29, 0.717) is 0 Å². The van der Waals surface area contributed by atoms with Gasteiger partial charge in [-0.15, -0.1) is 0 Å². The van der Waals surface area contributed by atoms with E-state index in [0.717, 1.165) is 17.8 Å². The topological polar surface area (TPSA) is 0 Å². The quantitative estimate of drug-likeness (QED) is 0.364. The Balaban J connectivity index is 3.56. The molecule has 0 saturated carbocycles. The highest BCUT2D eigenvalue weighted by molar-refractivity contribution is 4.67. The van der Waals surface area contributed by atoms with Gasteiger partial charge in [-0.3, -0.25) is 0 Å². The molecule has 0 rings (SSSR count). The zero-order chi connectivity index (χ0) is 13.1. The van der Waals surface area contributed by atoms with E-state index in [9.17, 15) is 0 Å². The predicted molar refractivity (Wildman–Crippen MR) is 80.4 cm³/mol. The minimum Gasteiger partial charge on any atom is -0.0651 e. The van der Waals surface area contributed by atoms with Crippen LogP contribution in [0.25, 0.3) is 0 Å². The SMILES string of the molecule is CCC(CC)C(CC)CCCCCCC(C)C.